The van der Waals surface area contributed by atoms with Gasteiger partial charge in [-0.25, -0.2) is 9.97 Å². The fourth-order valence-electron chi connectivity index (χ4n) is 2.50. The maximum Gasteiger partial charge on any atom is 0.146 e. The minimum absolute atomic E-state index is 0.804. The number of rotatable bonds is 5. The summed E-state index contributed by atoms with van der Waals surface area (Å²) in [7, 11) is 0. The molecule has 5 nitrogen and oxygen atoms in total. The summed E-state index contributed by atoms with van der Waals surface area (Å²) in [5.74, 6) is 1.88. The minimum atomic E-state index is 0.804. The van der Waals surface area contributed by atoms with E-state index in [0.29, 0.717) is 0 Å². The number of nitrogens with zero attached hydrogens (tertiary/aromatic N) is 3. The van der Waals surface area contributed by atoms with Gasteiger partial charge >= 0.3 is 0 Å². The average Bonchev–Trinajstić information content (AvgIpc) is 2.82. The molecule has 6 heteroatoms. The van der Waals surface area contributed by atoms with Crippen molar-refractivity contribution in [2.45, 2.75) is 26.3 Å². The van der Waals surface area contributed by atoms with Gasteiger partial charge in [-0.2, -0.15) is 0 Å². The van der Waals surface area contributed by atoms with Gasteiger partial charge in [0.25, 0.3) is 0 Å². The van der Waals surface area contributed by atoms with Crippen LogP contribution in [0, 0.1) is 0 Å². The second kappa shape index (κ2) is 7.15. The van der Waals surface area contributed by atoms with Crippen LogP contribution in [0.15, 0.2) is 11.4 Å². The highest BCUT2D eigenvalue weighted by molar-refractivity contribution is 7.16. The molecule has 0 unspecified atom stereocenters. The molecule has 3 rings (SSSR count). The highest BCUT2D eigenvalue weighted by atomic mass is 32.1. The first-order valence-corrected chi connectivity index (χ1v) is 8.53. The summed E-state index contributed by atoms with van der Waals surface area (Å²) in [4.78, 5) is 12.9. The van der Waals surface area contributed by atoms with E-state index in [9.17, 15) is 0 Å². The van der Waals surface area contributed by atoms with Gasteiger partial charge in [-0.15, -0.1) is 11.3 Å². The van der Waals surface area contributed by atoms with Gasteiger partial charge in [0.1, 0.15) is 16.5 Å². The minimum Gasteiger partial charge on any atom is -0.380 e. The maximum absolute atomic E-state index is 5.50. The molecular weight excluding hydrogens is 284 g/mol. The van der Waals surface area contributed by atoms with E-state index in [1.807, 2.05) is 0 Å². The molecule has 0 radical (unpaired) electrons. The zero-order chi connectivity index (χ0) is 14.5. The summed E-state index contributed by atoms with van der Waals surface area (Å²) in [6, 6.07) is 2.10. The van der Waals surface area contributed by atoms with Crippen molar-refractivity contribution in [3.8, 4) is 0 Å². The summed E-state index contributed by atoms with van der Waals surface area (Å²) in [6.45, 7) is 7.61. The number of aromatic nitrogens is 2. The summed E-state index contributed by atoms with van der Waals surface area (Å²) in [5, 5.41) is 6.64. The molecule has 1 fully saturated rings. The molecule has 21 heavy (non-hydrogen) atoms. The zero-order valence-electron chi connectivity index (χ0n) is 12.5. The Morgan fingerprint density at radius 2 is 2.29 bits per heavy atom. The van der Waals surface area contributed by atoms with Gasteiger partial charge in [0.2, 0.25) is 0 Å². The molecule has 0 aliphatic carbocycles. The van der Waals surface area contributed by atoms with Crippen molar-refractivity contribution in [1.29, 1.82) is 0 Å². The number of fused-ring (bicyclic) bond motifs is 1. The van der Waals surface area contributed by atoms with E-state index in [-0.39, 0.29) is 0 Å². The van der Waals surface area contributed by atoms with E-state index in [2.05, 4.69) is 28.6 Å². The van der Waals surface area contributed by atoms with Crippen LogP contribution in [0.5, 0.6) is 0 Å². The lowest BCUT2D eigenvalue weighted by molar-refractivity contribution is 0.140. The van der Waals surface area contributed by atoms with Crippen LogP contribution in [0.4, 0.5) is 5.82 Å². The van der Waals surface area contributed by atoms with Crippen molar-refractivity contribution >= 4 is 27.4 Å². The van der Waals surface area contributed by atoms with Crippen molar-refractivity contribution in [2.75, 3.05) is 38.2 Å². The SMILES string of the molecule is CCCNc1nc(CN2CCCOCC2)nc2sccc12. The smallest absolute Gasteiger partial charge is 0.146 e. The molecule has 1 saturated heterocycles. The van der Waals surface area contributed by atoms with Crippen LogP contribution in [0.1, 0.15) is 25.6 Å². The molecule has 0 aromatic carbocycles. The molecule has 0 amide bonds. The van der Waals surface area contributed by atoms with Crippen molar-refractivity contribution in [2.24, 2.45) is 0 Å². The van der Waals surface area contributed by atoms with Crippen molar-refractivity contribution < 1.29 is 4.74 Å². The molecule has 114 valence electrons. The van der Waals surface area contributed by atoms with E-state index in [1.165, 1.54) is 0 Å². The lowest BCUT2D eigenvalue weighted by Gasteiger charge is -2.18. The van der Waals surface area contributed by atoms with E-state index in [4.69, 9.17) is 14.7 Å². The Balaban J connectivity index is 1.80. The van der Waals surface area contributed by atoms with E-state index < -0.39 is 0 Å². The Hall–Kier alpha value is -1.24. The van der Waals surface area contributed by atoms with Gasteiger partial charge in [-0.1, -0.05) is 6.92 Å². The average molecular weight is 306 g/mol. The molecule has 3 heterocycles. The summed E-state index contributed by atoms with van der Waals surface area (Å²) in [5.41, 5.74) is 0. The monoisotopic (exact) mass is 306 g/mol. The molecule has 0 spiro atoms. The second-order valence-electron chi connectivity index (χ2n) is 5.30. The highest BCUT2D eigenvalue weighted by Gasteiger charge is 2.14. The fourth-order valence-corrected chi connectivity index (χ4v) is 3.29. The van der Waals surface area contributed by atoms with Crippen LogP contribution in [-0.4, -0.2) is 47.7 Å². The van der Waals surface area contributed by atoms with E-state index >= 15 is 0 Å². The number of hydrogen-bond acceptors (Lipinski definition) is 6. The molecule has 1 N–H and O–H groups in total. The summed E-state index contributed by atoms with van der Waals surface area (Å²) >= 11 is 1.68. The van der Waals surface area contributed by atoms with Crippen LogP contribution < -0.4 is 5.32 Å². The Morgan fingerprint density at radius 1 is 1.33 bits per heavy atom. The predicted octanol–water partition coefficient (Wildman–Crippen LogP) is 2.74. The molecule has 1 aliphatic heterocycles. The topological polar surface area (TPSA) is 50.3 Å². The summed E-state index contributed by atoms with van der Waals surface area (Å²) in [6.07, 6.45) is 2.18. The molecule has 1 aliphatic rings. The van der Waals surface area contributed by atoms with E-state index in [1.54, 1.807) is 11.3 Å². The third-order valence-electron chi connectivity index (χ3n) is 3.59. The molecular formula is C15H22N4OS. The van der Waals surface area contributed by atoms with Gasteiger partial charge < -0.3 is 10.1 Å². The van der Waals surface area contributed by atoms with Gasteiger partial charge in [0, 0.05) is 26.2 Å². The number of thiophene rings is 1. The quantitative estimate of drug-likeness (QED) is 0.920. The summed E-state index contributed by atoms with van der Waals surface area (Å²) < 4.78 is 5.50. The van der Waals surface area contributed by atoms with Gasteiger partial charge in [0.15, 0.2) is 0 Å². The Kier molecular flexibility index (Phi) is 5.00. The Bertz CT molecular complexity index is 578. The standard InChI is InChI=1S/C15H22N4OS/c1-2-5-16-14-12-4-10-21-15(12)18-13(17-14)11-19-6-3-8-20-9-7-19/h4,10H,2-3,5-9,11H2,1H3,(H,16,17,18). The Morgan fingerprint density at radius 3 is 3.19 bits per heavy atom. The first-order valence-electron chi connectivity index (χ1n) is 7.65. The van der Waals surface area contributed by atoms with Crippen LogP contribution in [0.2, 0.25) is 0 Å². The molecule has 0 bridgehead atoms. The van der Waals surface area contributed by atoms with Crippen LogP contribution >= 0.6 is 11.3 Å². The van der Waals surface area contributed by atoms with Crippen molar-refractivity contribution in [3.63, 3.8) is 0 Å². The Labute approximate surface area is 129 Å². The largest absolute Gasteiger partial charge is 0.380 e. The van der Waals surface area contributed by atoms with E-state index in [0.717, 1.165) is 74.1 Å². The van der Waals surface area contributed by atoms with Gasteiger partial charge in [0.05, 0.1) is 18.5 Å². The molecule has 2 aromatic rings. The third kappa shape index (κ3) is 3.70. The number of anilines is 1. The fraction of sp³-hybridized carbons (Fsp3) is 0.600. The normalized spacial score (nSPS) is 17.0. The zero-order valence-corrected chi connectivity index (χ0v) is 13.3. The lowest BCUT2D eigenvalue weighted by atomic mass is 10.3. The number of hydrogen-bond donors (Lipinski definition) is 1. The molecule has 0 saturated carbocycles. The van der Waals surface area contributed by atoms with Gasteiger partial charge in [-0.05, 0) is 24.3 Å². The van der Waals surface area contributed by atoms with Crippen molar-refractivity contribution in [3.05, 3.63) is 17.3 Å². The van der Waals surface area contributed by atoms with Crippen LogP contribution in [0.25, 0.3) is 10.2 Å². The number of ether oxygens (including phenoxy) is 1. The van der Waals surface area contributed by atoms with Crippen LogP contribution in [0.3, 0.4) is 0 Å². The second-order valence-corrected chi connectivity index (χ2v) is 6.19. The van der Waals surface area contributed by atoms with Crippen LogP contribution in [-0.2, 0) is 11.3 Å². The highest BCUT2D eigenvalue weighted by Crippen LogP contribution is 2.25. The molecule has 2 aromatic heterocycles. The number of nitrogens with one attached hydrogen (secondary N) is 1. The molecule has 0 atom stereocenters. The van der Waals surface area contributed by atoms with Crippen molar-refractivity contribution in [1.82, 2.24) is 14.9 Å². The third-order valence-corrected chi connectivity index (χ3v) is 4.40. The lowest BCUT2D eigenvalue weighted by Crippen LogP contribution is -2.27. The first-order chi connectivity index (χ1) is 10.4. The maximum atomic E-state index is 5.50. The van der Waals surface area contributed by atoms with Gasteiger partial charge in [-0.3, -0.25) is 4.90 Å². The first kappa shape index (κ1) is 14.7. The predicted molar refractivity (Wildman–Crippen MR) is 86.9 cm³/mol.